The molecule has 0 bridgehead atoms. The fraction of sp³-hybridized carbons (Fsp3) is 0.100. The second-order valence-corrected chi connectivity index (χ2v) is 5.97. The Morgan fingerprint density at radius 1 is 1.30 bits per heavy atom. The number of pyridine rings is 1. The highest BCUT2D eigenvalue weighted by Gasteiger charge is 2.17. The minimum Gasteiger partial charge on any atom is -0.438 e. The lowest BCUT2D eigenvalue weighted by atomic mass is 10.1. The number of aryl methyl sites for hydroxylation is 2. The van der Waals surface area contributed by atoms with Crippen molar-refractivity contribution in [2.75, 3.05) is 0 Å². The van der Waals surface area contributed by atoms with E-state index in [1.807, 2.05) is 32.0 Å². The van der Waals surface area contributed by atoms with E-state index in [1.165, 1.54) is 4.40 Å². The quantitative estimate of drug-likeness (QED) is 0.568. The molecule has 2 heterocycles. The van der Waals surface area contributed by atoms with Gasteiger partial charge in [-0.15, -0.1) is 0 Å². The molecule has 2 N–H and O–H groups in total. The lowest BCUT2D eigenvalue weighted by Crippen LogP contribution is -2.20. The predicted octanol–water partition coefficient (Wildman–Crippen LogP) is 2.50. The molecule has 3 rings (SSSR count). The maximum Gasteiger partial charge on any atom is 0.269 e. The number of carbonyl (C=O) groups excluding carboxylic acids is 1. The molecular formula is C20H16N4O3. The van der Waals surface area contributed by atoms with Crippen LogP contribution in [0.3, 0.4) is 0 Å². The number of rotatable bonds is 4. The van der Waals surface area contributed by atoms with Gasteiger partial charge in [0, 0.05) is 6.20 Å². The number of primary amides is 1. The van der Waals surface area contributed by atoms with Gasteiger partial charge >= 0.3 is 0 Å². The van der Waals surface area contributed by atoms with Crippen molar-refractivity contribution in [1.29, 1.82) is 5.26 Å². The van der Waals surface area contributed by atoms with Gasteiger partial charge in [0.1, 0.15) is 28.6 Å². The Bertz CT molecular complexity index is 1190. The highest BCUT2D eigenvalue weighted by molar-refractivity contribution is 6.00. The van der Waals surface area contributed by atoms with Crippen molar-refractivity contribution in [3.63, 3.8) is 0 Å². The predicted molar refractivity (Wildman–Crippen MR) is 100 cm³/mol. The number of nitrogens with two attached hydrogens (primary N) is 1. The first kappa shape index (κ1) is 17.9. The lowest BCUT2D eigenvalue weighted by molar-refractivity contribution is -0.114. The molecule has 0 saturated carbocycles. The van der Waals surface area contributed by atoms with E-state index < -0.39 is 11.5 Å². The maximum atomic E-state index is 13.0. The molecule has 0 unspecified atom stereocenters. The van der Waals surface area contributed by atoms with Crippen LogP contribution < -0.4 is 16.0 Å². The van der Waals surface area contributed by atoms with E-state index in [9.17, 15) is 9.59 Å². The van der Waals surface area contributed by atoms with Crippen LogP contribution in [0.4, 0.5) is 0 Å². The molecule has 0 fully saturated rings. The van der Waals surface area contributed by atoms with E-state index in [4.69, 9.17) is 15.7 Å². The number of carbonyl (C=O) groups is 1. The van der Waals surface area contributed by atoms with E-state index in [-0.39, 0.29) is 17.0 Å². The van der Waals surface area contributed by atoms with Crippen LogP contribution in [-0.2, 0) is 4.79 Å². The van der Waals surface area contributed by atoms with Crippen molar-refractivity contribution in [2.24, 2.45) is 5.73 Å². The number of nitrogens with zero attached hydrogens (tertiary/aromatic N) is 3. The summed E-state index contributed by atoms with van der Waals surface area (Å²) in [6, 6.07) is 12.4. The van der Waals surface area contributed by atoms with Gasteiger partial charge < -0.3 is 10.5 Å². The Hall–Kier alpha value is -3.92. The normalized spacial score (nSPS) is 11.2. The fourth-order valence-corrected chi connectivity index (χ4v) is 2.59. The van der Waals surface area contributed by atoms with Crippen LogP contribution in [0, 0.1) is 25.2 Å². The number of nitriles is 1. The number of aromatic nitrogens is 2. The molecule has 1 amide bonds. The lowest BCUT2D eigenvalue weighted by Gasteiger charge is -2.11. The third-order valence-electron chi connectivity index (χ3n) is 3.93. The van der Waals surface area contributed by atoms with Gasteiger partial charge in [-0.1, -0.05) is 18.2 Å². The van der Waals surface area contributed by atoms with E-state index in [0.29, 0.717) is 11.4 Å². The topological polar surface area (TPSA) is 110 Å². The molecule has 0 spiro atoms. The van der Waals surface area contributed by atoms with Crippen molar-refractivity contribution in [3.8, 4) is 17.7 Å². The summed E-state index contributed by atoms with van der Waals surface area (Å²) in [6.45, 7) is 3.72. The van der Waals surface area contributed by atoms with Gasteiger partial charge in [0.05, 0.1) is 0 Å². The summed E-state index contributed by atoms with van der Waals surface area (Å²) in [6.07, 6.45) is 2.67. The molecule has 134 valence electrons. The van der Waals surface area contributed by atoms with Crippen molar-refractivity contribution in [3.05, 3.63) is 75.2 Å². The molecule has 27 heavy (non-hydrogen) atoms. The Kier molecular flexibility index (Phi) is 4.73. The molecular weight excluding hydrogens is 344 g/mol. The third-order valence-corrected chi connectivity index (χ3v) is 3.93. The van der Waals surface area contributed by atoms with E-state index in [1.54, 1.807) is 30.5 Å². The fourth-order valence-electron chi connectivity index (χ4n) is 2.59. The summed E-state index contributed by atoms with van der Waals surface area (Å²) in [5, 5.41) is 9.13. The van der Waals surface area contributed by atoms with Gasteiger partial charge in [-0.2, -0.15) is 10.2 Å². The summed E-state index contributed by atoms with van der Waals surface area (Å²) >= 11 is 0. The molecule has 0 aliphatic carbocycles. The van der Waals surface area contributed by atoms with Crippen LogP contribution in [0.1, 0.15) is 16.7 Å². The Morgan fingerprint density at radius 2 is 2.07 bits per heavy atom. The summed E-state index contributed by atoms with van der Waals surface area (Å²) < 4.78 is 7.16. The number of benzene rings is 1. The number of fused-ring (bicyclic) bond motifs is 1. The highest BCUT2D eigenvalue weighted by Crippen LogP contribution is 2.25. The molecule has 3 aromatic rings. The van der Waals surface area contributed by atoms with Crippen molar-refractivity contribution in [2.45, 2.75) is 13.8 Å². The van der Waals surface area contributed by atoms with Crippen LogP contribution in [0.2, 0.25) is 0 Å². The minimum atomic E-state index is -0.937. The van der Waals surface area contributed by atoms with Gasteiger partial charge in [0.25, 0.3) is 11.5 Å². The average Bonchev–Trinajstić information content (AvgIpc) is 2.62. The molecule has 7 heteroatoms. The largest absolute Gasteiger partial charge is 0.438 e. The second kappa shape index (κ2) is 7.14. The second-order valence-electron chi connectivity index (χ2n) is 5.97. The minimum absolute atomic E-state index is 0.00565. The van der Waals surface area contributed by atoms with Crippen molar-refractivity contribution in [1.82, 2.24) is 9.38 Å². The molecule has 2 aromatic heterocycles. The van der Waals surface area contributed by atoms with Crippen LogP contribution in [-0.4, -0.2) is 15.3 Å². The van der Waals surface area contributed by atoms with Gasteiger partial charge in [0.15, 0.2) is 0 Å². The molecule has 1 aromatic carbocycles. The highest BCUT2D eigenvalue weighted by atomic mass is 16.5. The number of hydrogen-bond donors (Lipinski definition) is 1. The van der Waals surface area contributed by atoms with Gasteiger partial charge in [-0.25, -0.2) is 0 Å². The molecule has 0 aliphatic rings. The van der Waals surface area contributed by atoms with E-state index in [2.05, 4.69) is 4.98 Å². The van der Waals surface area contributed by atoms with Crippen molar-refractivity contribution >= 4 is 17.6 Å². The smallest absolute Gasteiger partial charge is 0.269 e. The zero-order chi connectivity index (χ0) is 19.6. The monoisotopic (exact) mass is 360 g/mol. The molecule has 0 radical (unpaired) electrons. The zero-order valence-corrected chi connectivity index (χ0v) is 14.8. The molecule has 0 atom stereocenters. The summed E-state index contributed by atoms with van der Waals surface area (Å²) in [7, 11) is 0. The van der Waals surface area contributed by atoms with E-state index in [0.717, 1.165) is 17.2 Å². The van der Waals surface area contributed by atoms with Crippen LogP contribution >= 0.6 is 0 Å². The zero-order valence-electron chi connectivity index (χ0n) is 14.8. The van der Waals surface area contributed by atoms with Crippen molar-refractivity contribution < 1.29 is 9.53 Å². The van der Waals surface area contributed by atoms with Crippen LogP contribution in [0.5, 0.6) is 11.6 Å². The van der Waals surface area contributed by atoms with Gasteiger partial charge in [-0.3, -0.25) is 14.0 Å². The van der Waals surface area contributed by atoms with Crippen LogP contribution in [0.15, 0.2) is 53.0 Å². The van der Waals surface area contributed by atoms with Crippen LogP contribution in [0.25, 0.3) is 11.7 Å². The molecule has 7 nitrogen and oxygen atoms in total. The van der Waals surface area contributed by atoms with Gasteiger partial charge in [-0.05, 0) is 49.2 Å². The average molecular weight is 360 g/mol. The summed E-state index contributed by atoms with van der Waals surface area (Å²) in [5.41, 5.74) is 6.49. The number of hydrogen-bond acceptors (Lipinski definition) is 5. The Morgan fingerprint density at radius 3 is 2.74 bits per heavy atom. The first-order chi connectivity index (χ1) is 12.9. The first-order valence-corrected chi connectivity index (χ1v) is 8.09. The Labute approximate surface area is 155 Å². The SMILES string of the molecule is Cc1cccc(Oc2nc3c(C)cccn3c(=O)c2C=C(C#N)C(N)=O)c1. The maximum absolute atomic E-state index is 13.0. The Balaban J connectivity index is 2.30. The summed E-state index contributed by atoms with van der Waals surface area (Å²) in [5.74, 6) is -0.464. The van der Waals surface area contributed by atoms with Gasteiger partial charge in [0.2, 0.25) is 5.88 Å². The number of ether oxygens (including phenoxy) is 1. The number of amides is 1. The first-order valence-electron chi connectivity index (χ1n) is 8.09. The van der Waals surface area contributed by atoms with E-state index >= 15 is 0 Å². The molecule has 0 saturated heterocycles. The third kappa shape index (κ3) is 3.55. The standard InChI is InChI=1S/C20H16N4O3/c1-12-5-3-7-15(9-12)27-19-16(10-14(11-21)17(22)25)20(26)24-8-4-6-13(2)18(24)23-19/h3-10H,1-2H3,(H2,22,25). The summed E-state index contributed by atoms with van der Waals surface area (Å²) in [4.78, 5) is 28.9. The molecule has 0 aliphatic heterocycles.